The highest BCUT2D eigenvalue weighted by atomic mass is 16.1. The number of hydrogen-bond donors (Lipinski definition) is 1. The van der Waals surface area contributed by atoms with Crippen LogP contribution in [0.2, 0.25) is 0 Å². The summed E-state index contributed by atoms with van der Waals surface area (Å²) in [5, 5.41) is 0. The van der Waals surface area contributed by atoms with Gasteiger partial charge in [0.05, 0.1) is 6.04 Å². The lowest BCUT2D eigenvalue weighted by Crippen LogP contribution is -2.30. The second-order valence-corrected chi connectivity index (χ2v) is 6.81. The zero-order valence-corrected chi connectivity index (χ0v) is 15.4. The van der Waals surface area contributed by atoms with Crippen molar-refractivity contribution in [3.63, 3.8) is 0 Å². The number of ketones is 1. The molecule has 0 amide bonds. The van der Waals surface area contributed by atoms with Crippen LogP contribution in [0.1, 0.15) is 110 Å². The summed E-state index contributed by atoms with van der Waals surface area (Å²) in [5.41, 5.74) is 5.74. The van der Waals surface area contributed by atoms with Crippen molar-refractivity contribution in [3.8, 4) is 0 Å². The number of unbranched alkanes of at least 4 members (excludes halogenated alkanes) is 12. The number of carbonyl (C=O) groups is 2. The maximum absolute atomic E-state index is 11.7. The maximum atomic E-state index is 11.7. The van der Waals surface area contributed by atoms with Crippen molar-refractivity contribution in [2.45, 2.75) is 116 Å². The molecule has 1 unspecified atom stereocenters. The van der Waals surface area contributed by atoms with Gasteiger partial charge in [0, 0.05) is 12.8 Å². The van der Waals surface area contributed by atoms with Gasteiger partial charge in [-0.1, -0.05) is 84.0 Å². The van der Waals surface area contributed by atoms with E-state index in [1.165, 1.54) is 70.6 Å². The number of aldehydes is 1. The van der Waals surface area contributed by atoms with E-state index in [1.54, 1.807) is 0 Å². The molecule has 0 heterocycles. The summed E-state index contributed by atoms with van der Waals surface area (Å²) < 4.78 is 0. The summed E-state index contributed by atoms with van der Waals surface area (Å²) in [5.74, 6) is 0.120. The first-order chi connectivity index (χ1) is 11.2. The molecule has 23 heavy (non-hydrogen) atoms. The Morgan fingerprint density at radius 2 is 1.26 bits per heavy atom. The van der Waals surface area contributed by atoms with Crippen LogP contribution in [0, 0.1) is 0 Å². The molecule has 0 fully saturated rings. The Morgan fingerprint density at radius 1 is 0.826 bits per heavy atom. The molecule has 0 saturated carbocycles. The van der Waals surface area contributed by atoms with Crippen LogP contribution >= 0.6 is 0 Å². The van der Waals surface area contributed by atoms with Crippen molar-refractivity contribution in [1.29, 1.82) is 0 Å². The van der Waals surface area contributed by atoms with Gasteiger partial charge < -0.3 is 10.5 Å². The predicted molar refractivity (Wildman–Crippen MR) is 98.6 cm³/mol. The minimum Gasteiger partial charge on any atom is -0.321 e. The first-order valence-electron chi connectivity index (χ1n) is 9.94. The van der Waals surface area contributed by atoms with Crippen molar-refractivity contribution in [2.24, 2.45) is 5.73 Å². The summed E-state index contributed by atoms with van der Waals surface area (Å²) in [6.45, 7) is 2.26. The molecule has 0 aromatic heterocycles. The zero-order valence-electron chi connectivity index (χ0n) is 15.4. The van der Waals surface area contributed by atoms with Crippen LogP contribution in [-0.4, -0.2) is 18.1 Å². The third-order valence-electron chi connectivity index (χ3n) is 4.54. The minimum atomic E-state index is -0.433. The molecule has 0 aliphatic carbocycles. The quantitative estimate of drug-likeness (QED) is 0.273. The molecule has 0 saturated heterocycles. The van der Waals surface area contributed by atoms with Gasteiger partial charge in [-0.05, 0) is 12.8 Å². The molecule has 3 heteroatoms. The molecule has 0 aliphatic rings. The fraction of sp³-hybridized carbons (Fsp3) is 0.900. The van der Waals surface area contributed by atoms with Gasteiger partial charge in [-0.2, -0.15) is 0 Å². The lowest BCUT2D eigenvalue weighted by Gasteiger charge is -2.08. The van der Waals surface area contributed by atoms with Crippen molar-refractivity contribution in [2.75, 3.05) is 0 Å². The van der Waals surface area contributed by atoms with E-state index >= 15 is 0 Å². The molecule has 0 bridgehead atoms. The predicted octanol–water partition coefficient (Wildman–Crippen LogP) is 5.34. The van der Waals surface area contributed by atoms with Gasteiger partial charge in [0.1, 0.15) is 12.1 Å². The molecule has 0 aromatic carbocycles. The Kier molecular flexibility index (Phi) is 17.1. The van der Waals surface area contributed by atoms with E-state index in [2.05, 4.69) is 6.92 Å². The van der Waals surface area contributed by atoms with Crippen LogP contribution in [0.3, 0.4) is 0 Å². The Hall–Kier alpha value is -0.700. The summed E-state index contributed by atoms with van der Waals surface area (Å²) in [6, 6.07) is -0.433. The van der Waals surface area contributed by atoms with Crippen LogP contribution < -0.4 is 5.73 Å². The highest BCUT2D eigenvalue weighted by Gasteiger charge is 2.11. The first-order valence-corrected chi connectivity index (χ1v) is 9.94. The molecule has 1 atom stereocenters. The number of nitrogens with two attached hydrogens (primary N) is 1. The monoisotopic (exact) mass is 325 g/mol. The van der Waals surface area contributed by atoms with E-state index in [0.717, 1.165) is 19.1 Å². The highest BCUT2D eigenvalue weighted by molar-refractivity contribution is 5.83. The number of Topliss-reactive ketones (excluding diaryl/α,β-unsaturated/α-hetero) is 1. The van der Waals surface area contributed by atoms with Crippen molar-refractivity contribution < 1.29 is 9.59 Å². The topological polar surface area (TPSA) is 60.2 Å². The van der Waals surface area contributed by atoms with Gasteiger partial charge >= 0.3 is 0 Å². The summed E-state index contributed by atoms with van der Waals surface area (Å²) >= 11 is 0. The molecular weight excluding hydrogens is 286 g/mol. The van der Waals surface area contributed by atoms with Crippen LogP contribution in [0.4, 0.5) is 0 Å². The van der Waals surface area contributed by atoms with Crippen molar-refractivity contribution in [1.82, 2.24) is 0 Å². The van der Waals surface area contributed by atoms with E-state index in [1.807, 2.05) is 0 Å². The van der Waals surface area contributed by atoms with Gasteiger partial charge in [0.15, 0.2) is 0 Å². The fourth-order valence-corrected chi connectivity index (χ4v) is 2.91. The molecular formula is C20H39NO2. The number of hydrogen-bond acceptors (Lipinski definition) is 3. The zero-order chi connectivity index (χ0) is 17.2. The van der Waals surface area contributed by atoms with Crippen LogP contribution in [0.25, 0.3) is 0 Å². The van der Waals surface area contributed by atoms with E-state index in [-0.39, 0.29) is 5.78 Å². The molecule has 2 N–H and O–H groups in total. The third kappa shape index (κ3) is 16.0. The van der Waals surface area contributed by atoms with Gasteiger partial charge in [-0.3, -0.25) is 4.79 Å². The van der Waals surface area contributed by atoms with E-state index < -0.39 is 6.04 Å². The SMILES string of the molecule is CCCCCCCCCCCCCCCC(=O)C(N)CCC=O. The normalized spacial score (nSPS) is 12.3. The van der Waals surface area contributed by atoms with E-state index in [4.69, 9.17) is 5.73 Å². The first kappa shape index (κ1) is 22.3. The second kappa shape index (κ2) is 17.7. The second-order valence-electron chi connectivity index (χ2n) is 6.81. The number of carbonyl (C=O) groups excluding carboxylic acids is 2. The average Bonchev–Trinajstić information content (AvgIpc) is 2.56. The van der Waals surface area contributed by atoms with Gasteiger partial charge in [0.25, 0.3) is 0 Å². The highest BCUT2D eigenvalue weighted by Crippen LogP contribution is 2.13. The largest absolute Gasteiger partial charge is 0.321 e. The standard InChI is InChI=1S/C20H39NO2/c1-2-3-4-5-6-7-8-9-10-11-12-13-14-17-20(23)19(21)16-15-18-22/h18-19H,2-17,21H2,1H3. The Balaban J connectivity index is 3.21. The van der Waals surface area contributed by atoms with Gasteiger partial charge in [0.2, 0.25) is 0 Å². The van der Waals surface area contributed by atoms with Gasteiger partial charge in [-0.25, -0.2) is 0 Å². The number of rotatable bonds is 18. The fourth-order valence-electron chi connectivity index (χ4n) is 2.91. The maximum Gasteiger partial charge on any atom is 0.149 e. The van der Waals surface area contributed by atoms with Gasteiger partial charge in [-0.15, -0.1) is 0 Å². The Labute approximate surface area is 143 Å². The van der Waals surface area contributed by atoms with Crippen LogP contribution in [0.15, 0.2) is 0 Å². The molecule has 0 spiro atoms. The van der Waals surface area contributed by atoms with Crippen LogP contribution in [-0.2, 0) is 9.59 Å². The molecule has 0 radical (unpaired) electrons. The van der Waals surface area contributed by atoms with Crippen LogP contribution in [0.5, 0.6) is 0 Å². The Bertz CT molecular complexity index is 279. The smallest absolute Gasteiger partial charge is 0.149 e. The van der Waals surface area contributed by atoms with E-state index in [0.29, 0.717) is 19.3 Å². The average molecular weight is 326 g/mol. The molecule has 3 nitrogen and oxygen atoms in total. The minimum absolute atomic E-state index is 0.120. The lowest BCUT2D eigenvalue weighted by molar-refractivity contribution is -0.120. The summed E-state index contributed by atoms with van der Waals surface area (Å²) in [7, 11) is 0. The summed E-state index contributed by atoms with van der Waals surface area (Å²) in [6.07, 6.45) is 19.3. The molecule has 0 rings (SSSR count). The van der Waals surface area contributed by atoms with E-state index in [9.17, 15) is 9.59 Å². The summed E-state index contributed by atoms with van der Waals surface area (Å²) in [4.78, 5) is 22.0. The molecule has 0 aromatic rings. The third-order valence-corrected chi connectivity index (χ3v) is 4.54. The Morgan fingerprint density at radius 3 is 1.70 bits per heavy atom. The lowest BCUT2D eigenvalue weighted by atomic mass is 10.0. The molecule has 0 aliphatic heterocycles. The van der Waals surface area contributed by atoms with Crippen molar-refractivity contribution in [3.05, 3.63) is 0 Å². The molecule has 136 valence electrons. The van der Waals surface area contributed by atoms with Crippen molar-refractivity contribution >= 4 is 12.1 Å².